The van der Waals surface area contributed by atoms with Crippen LogP contribution in [0.2, 0.25) is 0 Å². The summed E-state index contributed by atoms with van der Waals surface area (Å²) >= 11 is 0. The third-order valence-corrected chi connectivity index (χ3v) is 4.35. The monoisotopic (exact) mass is 472 g/mol. The minimum atomic E-state index is -0.932. The van der Waals surface area contributed by atoms with Crippen LogP contribution in [0.4, 0.5) is 11.4 Å². The first kappa shape index (κ1) is 24.7. The molecule has 0 bridgehead atoms. The molecular formula is C26H24N4O5. The molecule has 35 heavy (non-hydrogen) atoms. The van der Waals surface area contributed by atoms with Crippen LogP contribution in [0.25, 0.3) is 0 Å². The van der Waals surface area contributed by atoms with Crippen LogP contribution in [0.5, 0.6) is 11.5 Å². The number of rotatable bonds is 10. The van der Waals surface area contributed by atoms with Crippen molar-refractivity contribution in [2.75, 3.05) is 23.8 Å². The number of hydrogen-bond acceptors (Lipinski definition) is 6. The van der Waals surface area contributed by atoms with E-state index in [2.05, 4.69) is 27.7 Å². The van der Waals surface area contributed by atoms with E-state index in [-0.39, 0.29) is 12.5 Å². The van der Waals surface area contributed by atoms with Gasteiger partial charge in [0.15, 0.2) is 6.61 Å². The van der Waals surface area contributed by atoms with Gasteiger partial charge in [-0.1, -0.05) is 43.0 Å². The smallest absolute Gasteiger partial charge is 0.329 e. The standard InChI is InChI=1S/C26H24N4O5/c1-2-15-34-22-13-11-21(12-14-22)29-25(32)26(33)30-27-17-19-7-6-10-23(16-19)35-18-24(31)28-20-8-4-3-5-9-20/h2-14,16-17H,1,15,18H2,(H,28,31)(H,29,32)(H,30,33)/b27-17-. The number of hydrazone groups is 1. The molecule has 3 aromatic carbocycles. The number of hydrogen-bond donors (Lipinski definition) is 3. The first-order chi connectivity index (χ1) is 17.0. The molecule has 3 rings (SSSR count). The number of carbonyl (C=O) groups is 3. The van der Waals surface area contributed by atoms with Gasteiger partial charge in [0.1, 0.15) is 18.1 Å². The van der Waals surface area contributed by atoms with Crippen molar-refractivity contribution in [1.82, 2.24) is 5.43 Å². The molecule has 178 valence electrons. The molecule has 0 atom stereocenters. The Kier molecular flexibility index (Phi) is 9.14. The van der Waals surface area contributed by atoms with Crippen molar-refractivity contribution >= 4 is 35.3 Å². The second kappa shape index (κ2) is 12.9. The average molecular weight is 473 g/mol. The van der Waals surface area contributed by atoms with Gasteiger partial charge in [-0.15, -0.1) is 0 Å². The summed E-state index contributed by atoms with van der Waals surface area (Å²) in [6, 6.07) is 22.4. The van der Waals surface area contributed by atoms with Gasteiger partial charge in [0.05, 0.1) is 6.21 Å². The van der Waals surface area contributed by atoms with Gasteiger partial charge < -0.3 is 20.1 Å². The van der Waals surface area contributed by atoms with Gasteiger partial charge in [-0.25, -0.2) is 5.43 Å². The fraction of sp³-hybridized carbons (Fsp3) is 0.0769. The van der Waals surface area contributed by atoms with Crippen LogP contribution in [0.1, 0.15) is 5.56 Å². The number of benzene rings is 3. The molecule has 0 unspecified atom stereocenters. The van der Waals surface area contributed by atoms with Crippen LogP contribution in [-0.2, 0) is 14.4 Å². The number of nitrogens with one attached hydrogen (secondary N) is 3. The number of ether oxygens (including phenoxy) is 2. The lowest BCUT2D eigenvalue weighted by molar-refractivity contribution is -0.136. The molecule has 0 aromatic heterocycles. The fourth-order valence-electron chi connectivity index (χ4n) is 2.75. The SMILES string of the molecule is C=CCOc1ccc(NC(=O)C(=O)N/N=C\c2cccc(OCC(=O)Nc3ccccc3)c2)cc1. The number of amides is 3. The maximum Gasteiger partial charge on any atom is 0.329 e. The molecule has 9 nitrogen and oxygen atoms in total. The summed E-state index contributed by atoms with van der Waals surface area (Å²) < 4.78 is 10.9. The third kappa shape index (κ3) is 8.50. The maximum absolute atomic E-state index is 12.0. The number of nitrogens with zero attached hydrogens (tertiary/aromatic N) is 1. The lowest BCUT2D eigenvalue weighted by Gasteiger charge is -2.08. The van der Waals surface area contributed by atoms with E-state index in [9.17, 15) is 14.4 Å². The molecule has 3 amide bonds. The topological polar surface area (TPSA) is 118 Å². The van der Waals surface area contributed by atoms with E-state index in [1.54, 1.807) is 66.7 Å². The Morgan fingerprint density at radius 2 is 1.54 bits per heavy atom. The van der Waals surface area contributed by atoms with E-state index >= 15 is 0 Å². The summed E-state index contributed by atoms with van der Waals surface area (Å²) in [6.07, 6.45) is 2.98. The van der Waals surface area contributed by atoms with Gasteiger partial charge in [-0.3, -0.25) is 14.4 Å². The molecule has 3 aromatic rings. The molecule has 9 heteroatoms. The molecule has 0 saturated heterocycles. The molecule has 0 aliphatic carbocycles. The van der Waals surface area contributed by atoms with Crippen LogP contribution in [0.15, 0.2) is 96.6 Å². The van der Waals surface area contributed by atoms with Crippen molar-refractivity contribution in [2.45, 2.75) is 0 Å². The predicted molar refractivity (Wildman–Crippen MR) is 134 cm³/mol. The highest BCUT2D eigenvalue weighted by atomic mass is 16.5. The second-order valence-electron chi connectivity index (χ2n) is 7.05. The third-order valence-electron chi connectivity index (χ3n) is 4.35. The first-order valence-corrected chi connectivity index (χ1v) is 10.6. The summed E-state index contributed by atoms with van der Waals surface area (Å²) in [6.45, 7) is 3.76. The van der Waals surface area contributed by atoms with E-state index in [0.29, 0.717) is 35.0 Å². The first-order valence-electron chi connectivity index (χ1n) is 10.6. The second-order valence-corrected chi connectivity index (χ2v) is 7.05. The molecular weight excluding hydrogens is 448 g/mol. The molecule has 0 radical (unpaired) electrons. The fourth-order valence-corrected chi connectivity index (χ4v) is 2.75. The minimum Gasteiger partial charge on any atom is -0.490 e. The highest BCUT2D eigenvalue weighted by molar-refractivity contribution is 6.39. The van der Waals surface area contributed by atoms with Gasteiger partial charge in [0.25, 0.3) is 5.91 Å². The Hall–Kier alpha value is -4.92. The van der Waals surface area contributed by atoms with E-state index in [0.717, 1.165) is 0 Å². The van der Waals surface area contributed by atoms with Gasteiger partial charge in [-0.05, 0) is 54.1 Å². The summed E-state index contributed by atoms with van der Waals surface area (Å²) in [5.41, 5.74) is 3.87. The van der Waals surface area contributed by atoms with E-state index in [1.807, 2.05) is 18.2 Å². The van der Waals surface area contributed by atoms with Crippen LogP contribution in [0, 0.1) is 0 Å². The minimum absolute atomic E-state index is 0.173. The molecule has 3 N–H and O–H groups in total. The summed E-state index contributed by atoms with van der Waals surface area (Å²) in [5.74, 6) is -1.05. The summed E-state index contributed by atoms with van der Waals surface area (Å²) in [5, 5.41) is 8.99. The number of carbonyl (C=O) groups excluding carboxylic acids is 3. The Balaban J connectivity index is 1.45. The van der Waals surface area contributed by atoms with Crippen molar-refractivity contribution in [3.8, 4) is 11.5 Å². The van der Waals surface area contributed by atoms with Crippen molar-refractivity contribution in [3.63, 3.8) is 0 Å². The zero-order valence-electron chi connectivity index (χ0n) is 18.8. The largest absolute Gasteiger partial charge is 0.490 e. The molecule has 0 saturated carbocycles. The molecule has 0 aliphatic rings. The number of para-hydroxylation sites is 1. The van der Waals surface area contributed by atoms with E-state index < -0.39 is 11.8 Å². The van der Waals surface area contributed by atoms with Crippen molar-refractivity contribution in [2.24, 2.45) is 5.10 Å². The molecule has 0 heterocycles. The zero-order valence-corrected chi connectivity index (χ0v) is 18.8. The normalized spacial score (nSPS) is 10.3. The number of anilines is 2. The highest BCUT2D eigenvalue weighted by Crippen LogP contribution is 2.16. The van der Waals surface area contributed by atoms with Crippen LogP contribution >= 0.6 is 0 Å². The Bertz CT molecular complexity index is 1190. The molecule has 0 aliphatic heterocycles. The highest BCUT2D eigenvalue weighted by Gasteiger charge is 2.13. The lowest BCUT2D eigenvalue weighted by Crippen LogP contribution is -2.32. The van der Waals surface area contributed by atoms with E-state index in [1.165, 1.54) is 6.21 Å². The van der Waals surface area contributed by atoms with Gasteiger partial charge in [0.2, 0.25) is 0 Å². The Morgan fingerprint density at radius 3 is 2.29 bits per heavy atom. The molecule has 0 fully saturated rings. The quantitative estimate of drug-likeness (QED) is 0.181. The van der Waals surface area contributed by atoms with Gasteiger partial charge in [-0.2, -0.15) is 5.10 Å². The Morgan fingerprint density at radius 1 is 0.800 bits per heavy atom. The summed E-state index contributed by atoms with van der Waals surface area (Å²) in [4.78, 5) is 36.1. The van der Waals surface area contributed by atoms with Crippen LogP contribution < -0.4 is 25.5 Å². The predicted octanol–water partition coefficient (Wildman–Crippen LogP) is 3.36. The van der Waals surface area contributed by atoms with Crippen LogP contribution in [0.3, 0.4) is 0 Å². The maximum atomic E-state index is 12.0. The zero-order chi connectivity index (χ0) is 24.9. The van der Waals surface area contributed by atoms with Crippen LogP contribution in [-0.4, -0.2) is 37.1 Å². The van der Waals surface area contributed by atoms with Gasteiger partial charge >= 0.3 is 11.8 Å². The molecule has 0 spiro atoms. The van der Waals surface area contributed by atoms with E-state index in [4.69, 9.17) is 9.47 Å². The lowest BCUT2D eigenvalue weighted by atomic mass is 10.2. The van der Waals surface area contributed by atoms with Crippen molar-refractivity contribution in [1.29, 1.82) is 0 Å². The van der Waals surface area contributed by atoms with Crippen molar-refractivity contribution < 1.29 is 23.9 Å². The average Bonchev–Trinajstić information content (AvgIpc) is 2.88. The Labute approximate surface area is 202 Å². The van der Waals surface area contributed by atoms with Gasteiger partial charge in [0, 0.05) is 11.4 Å². The summed E-state index contributed by atoms with van der Waals surface area (Å²) in [7, 11) is 0. The van der Waals surface area contributed by atoms with Crippen molar-refractivity contribution in [3.05, 3.63) is 97.1 Å².